The Bertz CT molecular complexity index is 2530. The average molecular weight is 958 g/mol. The average Bonchev–Trinajstić information content (AvgIpc) is 3.53. The van der Waals surface area contributed by atoms with Crippen molar-refractivity contribution in [1.29, 1.82) is 0 Å². The third-order valence-electron chi connectivity index (χ3n) is 11.8. The minimum absolute atomic E-state index is 0.000778. The van der Waals surface area contributed by atoms with Crippen LogP contribution in [0.5, 0.6) is 0 Å². The van der Waals surface area contributed by atoms with Gasteiger partial charge in [-0.2, -0.15) is 13.2 Å². The lowest BCUT2D eigenvalue weighted by atomic mass is 9.94. The molecule has 17 heteroatoms. The van der Waals surface area contributed by atoms with Crippen molar-refractivity contribution in [2.45, 2.75) is 71.2 Å². The molecule has 0 bridgehead atoms. The molecular formula is C47H52ClF3N4O6S3. The van der Waals surface area contributed by atoms with Gasteiger partial charge in [0.05, 0.1) is 23.8 Å². The first-order valence-corrected chi connectivity index (χ1v) is 25.7. The first-order chi connectivity index (χ1) is 30.7. The van der Waals surface area contributed by atoms with Gasteiger partial charge in [0.1, 0.15) is 4.90 Å². The van der Waals surface area contributed by atoms with Crippen molar-refractivity contribution in [3.05, 3.63) is 130 Å². The molecule has 0 aromatic heterocycles. The summed E-state index contributed by atoms with van der Waals surface area (Å²) in [7, 11) is -10.9. The Labute approximate surface area is 383 Å². The minimum atomic E-state index is -6.05. The Morgan fingerprint density at radius 1 is 0.812 bits per heavy atom. The number of hydrogen-bond acceptors (Lipinski definition) is 10. The zero-order chi connectivity index (χ0) is 45.3. The quantitative estimate of drug-likeness (QED) is 0.105. The molecule has 1 saturated heterocycles. The molecule has 2 heterocycles. The topological polar surface area (TPSA) is 125 Å². The van der Waals surface area contributed by atoms with Gasteiger partial charge in [0.15, 0.2) is 0 Å². The van der Waals surface area contributed by atoms with E-state index in [0.717, 1.165) is 78.5 Å². The van der Waals surface area contributed by atoms with Gasteiger partial charge in [-0.15, -0.1) is 11.8 Å². The molecule has 2 N–H and O–H groups in total. The molecule has 0 spiro atoms. The van der Waals surface area contributed by atoms with Gasteiger partial charge in [-0.25, -0.2) is 21.6 Å². The fraction of sp³-hybridized carbons (Fsp3) is 0.383. The number of alkyl halides is 3. The van der Waals surface area contributed by atoms with Gasteiger partial charge in [-0.1, -0.05) is 72.1 Å². The van der Waals surface area contributed by atoms with E-state index in [0.29, 0.717) is 51.1 Å². The summed E-state index contributed by atoms with van der Waals surface area (Å²) >= 11 is 7.62. The summed E-state index contributed by atoms with van der Waals surface area (Å²) in [6.07, 6.45) is 9.03. The van der Waals surface area contributed by atoms with Gasteiger partial charge in [0.2, 0.25) is 0 Å². The smallest absolute Gasteiger partial charge is 0.380 e. The zero-order valence-corrected chi connectivity index (χ0v) is 38.5. The summed E-state index contributed by atoms with van der Waals surface area (Å²) in [6, 6.07) is 25.8. The maximum Gasteiger partial charge on any atom is 0.501 e. The van der Waals surface area contributed by atoms with E-state index in [9.17, 15) is 34.8 Å². The van der Waals surface area contributed by atoms with Gasteiger partial charge < -0.3 is 10.1 Å². The largest absolute Gasteiger partial charge is 0.501 e. The second-order valence-electron chi connectivity index (χ2n) is 16.2. The van der Waals surface area contributed by atoms with Crippen LogP contribution in [0.4, 0.5) is 18.9 Å². The van der Waals surface area contributed by atoms with Crippen LogP contribution < -0.4 is 10.0 Å². The minimum Gasteiger partial charge on any atom is -0.380 e. The molecule has 4 aromatic rings. The molecule has 0 radical (unpaired) electrons. The van der Waals surface area contributed by atoms with E-state index >= 15 is 0 Å². The van der Waals surface area contributed by atoms with Crippen LogP contribution in [-0.2, 0) is 24.6 Å². The molecule has 1 fully saturated rings. The number of carbonyl (C=O) groups is 1. The van der Waals surface area contributed by atoms with Crippen LogP contribution >= 0.6 is 23.4 Å². The SMILES string of the molecule is O=C(NS(=O)(=O)c1ccc(N[C@H](CCN2CCOCC2)CSc2ccccc2)c(S(=O)(=O)C(F)(F)F)c1)c1ccc(C2=CCN(CC3=C(c4ccc(Cl)cc4)CCCCC3)CC2)cc1. The van der Waals surface area contributed by atoms with Crippen molar-refractivity contribution in [1.82, 2.24) is 14.5 Å². The van der Waals surface area contributed by atoms with Crippen LogP contribution in [0.1, 0.15) is 66.4 Å². The number of ether oxygens (including phenoxy) is 1. The highest BCUT2D eigenvalue weighted by Gasteiger charge is 2.48. The van der Waals surface area contributed by atoms with E-state index in [1.807, 2.05) is 47.2 Å². The Balaban J connectivity index is 1.04. The number of nitrogens with one attached hydrogen (secondary N) is 2. The van der Waals surface area contributed by atoms with Crippen molar-refractivity contribution in [3.63, 3.8) is 0 Å². The number of sulfonamides is 1. The maximum atomic E-state index is 14.2. The van der Waals surface area contributed by atoms with Gasteiger partial charge in [-0.05, 0) is 115 Å². The highest BCUT2D eigenvalue weighted by atomic mass is 35.5. The van der Waals surface area contributed by atoms with Crippen molar-refractivity contribution in [3.8, 4) is 0 Å². The van der Waals surface area contributed by atoms with E-state index < -0.39 is 52.8 Å². The third kappa shape index (κ3) is 12.4. The molecule has 342 valence electrons. The number of allylic oxidation sites excluding steroid dienone is 1. The molecule has 3 aliphatic rings. The van der Waals surface area contributed by atoms with E-state index in [2.05, 4.69) is 33.3 Å². The number of nitrogens with zero attached hydrogens (tertiary/aromatic N) is 2. The Hall–Kier alpha value is -4.16. The number of halogens is 4. The lowest BCUT2D eigenvalue weighted by Gasteiger charge is -2.29. The first kappa shape index (κ1) is 47.8. The molecule has 4 aromatic carbocycles. The fourth-order valence-corrected chi connectivity index (χ4v) is 11.4. The van der Waals surface area contributed by atoms with Gasteiger partial charge in [-0.3, -0.25) is 14.6 Å². The molecule has 1 amide bonds. The van der Waals surface area contributed by atoms with Crippen LogP contribution in [0.25, 0.3) is 11.1 Å². The summed E-state index contributed by atoms with van der Waals surface area (Å²) in [5.41, 5.74) is -0.0607. The van der Waals surface area contributed by atoms with Gasteiger partial charge >= 0.3 is 5.51 Å². The Kier molecular flexibility index (Phi) is 16.0. The molecule has 0 unspecified atom stereocenters. The van der Waals surface area contributed by atoms with Crippen LogP contribution in [0.15, 0.2) is 123 Å². The predicted molar refractivity (Wildman–Crippen MR) is 248 cm³/mol. The molecule has 1 atom stereocenters. The summed E-state index contributed by atoms with van der Waals surface area (Å²) in [5, 5.41) is 3.71. The number of sulfone groups is 1. The predicted octanol–water partition coefficient (Wildman–Crippen LogP) is 9.55. The second-order valence-corrected chi connectivity index (χ2v) is 21.3. The van der Waals surface area contributed by atoms with Crippen LogP contribution in [0.3, 0.4) is 0 Å². The normalized spacial score (nSPS) is 17.7. The monoisotopic (exact) mass is 956 g/mol. The molecule has 7 rings (SSSR count). The van der Waals surface area contributed by atoms with E-state index in [4.69, 9.17) is 16.3 Å². The number of morpholine rings is 1. The van der Waals surface area contributed by atoms with Crippen molar-refractivity contribution in [2.75, 3.05) is 63.6 Å². The standard InChI is InChI=1S/C47H52ClF3N4O6S3/c48-39-17-15-36(16-18-39)43-10-6-1-3-7-38(43)32-55-24-21-35(22-25-55)34-11-13-37(14-12-34)46(56)53-64(59,60)42-19-20-44(45(31-42)63(57,58)47(49,50)51)52-40(23-26-54-27-29-61-30-28-54)33-62-41-8-4-2-5-9-41/h2,4-5,8-9,11-21,31,40,52H,1,3,6-7,10,22-30,32-33H2,(H,53,56)/t40-/m1/s1. The number of hydrogen-bond donors (Lipinski definition) is 2. The van der Waals surface area contributed by atoms with Gasteiger partial charge in [0, 0.05) is 66.5 Å². The van der Waals surface area contributed by atoms with E-state index in [1.54, 1.807) is 12.1 Å². The number of amides is 1. The van der Waals surface area contributed by atoms with Crippen LogP contribution in [0, 0.1) is 0 Å². The molecule has 10 nitrogen and oxygen atoms in total. The van der Waals surface area contributed by atoms with Gasteiger partial charge in [0.25, 0.3) is 25.8 Å². The summed E-state index contributed by atoms with van der Waals surface area (Å²) in [4.78, 5) is 16.7. The maximum absolute atomic E-state index is 14.2. The summed E-state index contributed by atoms with van der Waals surface area (Å²) in [5.74, 6) is -0.651. The lowest BCUT2D eigenvalue weighted by Crippen LogP contribution is -2.39. The molecule has 0 saturated carbocycles. The first-order valence-electron chi connectivity index (χ1n) is 21.4. The highest BCUT2D eigenvalue weighted by molar-refractivity contribution is 7.99. The summed E-state index contributed by atoms with van der Waals surface area (Å²) in [6.45, 7) is 5.49. The van der Waals surface area contributed by atoms with E-state index in [-0.39, 0.29) is 5.56 Å². The van der Waals surface area contributed by atoms with Crippen molar-refractivity contribution in [2.24, 2.45) is 0 Å². The van der Waals surface area contributed by atoms with Crippen LogP contribution in [-0.4, -0.2) is 102 Å². The zero-order valence-electron chi connectivity index (χ0n) is 35.3. The second kappa shape index (κ2) is 21.4. The molecule has 2 aliphatic heterocycles. The fourth-order valence-electron chi connectivity index (χ4n) is 8.21. The van der Waals surface area contributed by atoms with E-state index in [1.165, 1.54) is 53.4 Å². The van der Waals surface area contributed by atoms with Crippen molar-refractivity contribution >= 4 is 66.0 Å². The third-order valence-corrected chi connectivity index (χ3v) is 16.1. The molecule has 1 aliphatic carbocycles. The number of thioether (sulfide) groups is 1. The molecular weight excluding hydrogens is 905 g/mol. The number of rotatable bonds is 16. The number of anilines is 1. The molecule has 64 heavy (non-hydrogen) atoms. The van der Waals surface area contributed by atoms with Crippen molar-refractivity contribution < 1.29 is 39.5 Å². The Morgan fingerprint density at radius 2 is 1.52 bits per heavy atom. The lowest BCUT2D eigenvalue weighted by molar-refractivity contribution is -0.0435. The Morgan fingerprint density at radius 3 is 2.20 bits per heavy atom. The highest BCUT2D eigenvalue weighted by Crippen LogP contribution is 2.37. The number of benzene rings is 4. The summed E-state index contributed by atoms with van der Waals surface area (Å²) < 4.78 is 103. The number of carbonyl (C=O) groups excluding carboxylic acids is 1. The van der Waals surface area contributed by atoms with Crippen LogP contribution in [0.2, 0.25) is 5.02 Å².